The van der Waals surface area contributed by atoms with Crippen LogP contribution in [0.5, 0.6) is 0 Å². The van der Waals surface area contributed by atoms with E-state index in [1.165, 1.54) is 6.07 Å². The van der Waals surface area contributed by atoms with E-state index in [0.29, 0.717) is 0 Å². The molecule has 0 aromatic heterocycles. The van der Waals surface area contributed by atoms with Crippen LogP contribution in [-0.4, -0.2) is 17.4 Å². The zero-order valence-corrected chi connectivity index (χ0v) is 11.0. The first-order valence-electron chi connectivity index (χ1n) is 5.64. The number of nitrogens with zero attached hydrogens (tertiary/aromatic N) is 1. The van der Waals surface area contributed by atoms with Crippen LogP contribution in [-0.2, 0) is 9.53 Å². The van der Waals surface area contributed by atoms with Crippen LogP contribution in [0.3, 0.4) is 0 Å². The maximum atomic E-state index is 13.2. The van der Waals surface area contributed by atoms with E-state index in [9.17, 15) is 14.0 Å². The van der Waals surface area contributed by atoms with Gasteiger partial charge < -0.3 is 4.74 Å². The summed E-state index contributed by atoms with van der Waals surface area (Å²) in [7, 11) is 0. The number of halogens is 1. The second kappa shape index (κ2) is 5.61. The van der Waals surface area contributed by atoms with E-state index in [4.69, 9.17) is 11.3 Å². The minimum Gasteiger partial charge on any atom is -0.460 e. The molecule has 0 radical (unpaired) electrons. The van der Waals surface area contributed by atoms with Crippen molar-refractivity contribution in [1.82, 2.24) is 0 Å². The van der Waals surface area contributed by atoms with Crippen molar-refractivity contribution in [1.29, 1.82) is 0 Å². The van der Waals surface area contributed by atoms with E-state index < -0.39 is 29.6 Å². The molecule has 0 heterocycles. The molecule has 0 aliphatic heterocycles. The van der Waals surface area contributed by atoms with Gasteiger partial charge in [0, 0.05) is 5.56 Å². The van der Waals surface area contributed by atoms with Crippen LogP contribution in [0.2, 0.25) is 0 Å². The van der Waals surface area contributed by atoms with Gasteiger partial charge in [0.25, 0.3) is 0 Å². The van der Waals surface area contributed by atoms with Crippen molar-refractivity contribution in [2.75, 3.05) is 0 Å². The average molecular weight is 263 g/mol. The van der Waals surface area contributed by atoms with E-state index in [1.54, 1.807) is 20.8 Å². The summed E-state index contributed by atoms with van der Waals surface area (Å²) in [6, 6.07) is 3.28. The third-order valence-electron chi connectivity index (χ3n) is 2.06. The molecule has 0 atom stereocenters. The Morgan fingerprint density at radius 2 is 1.95 bits per heavy atom. The quantitative estimate of drug-likeness (QED) is 0.364. The fraction of sp³-hybridized carbons (Fsp3) is 0.357. The lowest BCUT2D eigenvalue weighted by atomic mass is 10.1. The number of esters is 1. The van der Waals surface area contributed by atoms with Crippen LogP contribution in [0.15, 0.2) is 18.2 Å². The highest BCUT2D eigenvalue weighted by molar-refractivity contribution is 6.06. The van der Waals surface area contributed by atoms with Gasteiger partial charge in [-0.2, -0.15) is 0 Å². The number of Topliss-reactive ketones (excluding diaryl/α,β-unsaturated/α-hetero) is 1. The second-order valence-corrected chi connectivity index (χ2v) is 5.00. The van der Waals surface area contributed by atoms with Crippen molar-refractivity contribution in [2.45, 2.75) is 32.8 Å². The average Bonchev–Trinajstić information content (AvgIpc) is 2.25. The number of rotatable bonds is 3. The Balaban J connectivity index is 2.82. The van der Waals surface area contributed by atoms with E-state index in [2.05, 4.69) is 4.85 Å². The Kier molecular flexibility index (Phi) is 4.38. The molecule has 0 N–H and O–H groups in total. The first-order valence-corrected chi connectivity index (χ1v) is 5.64. The Bertz CT molecular complexity index is 553. The van der Waals surface area contributed by atoms with Gasteiger partial charge in [0.1, 0.15) is 17.8 Å². The molecule has 0 aliphatic rings. The highest BCUT2D eigenvalue weighted by atomic mass is 19.1. The van der Waals surface area contributed by atoms with E-state index in [0.717, 1.165) is 12.1 Å². The fourth-order valence-electron chi connectivity index (χ4n) is 1.41. The summed E-state index contributed by atoms with van der Waals surface area (Å²) in [5.41, 5.74) is -0.662. The van der Waals surface area contributed by atoms with Crippen molar-refractivity contribution < 1.29 is 18.7 Å². The molecule has 0 unspecified atom stereocenters. The van der Waals surface area contributed by atoms with Crippen LogP contribution >= 0.6 is 0 Å². The molecule has 1 aromatic carbocycles. The molecule has 100 valence electrons. The summed E-state index contributed by atoms with van der Waals surface area (Å²) in [5.74, 6) is -1.93. The SMILES string of the molecule is [C-]#[N+]c1cc(F)cc(C(=O)CC(=O)OC(C)(C)C)c1. The Hall–Kier alpha value is -2.22. The number of carbonyl (C=O) groups is 2. The van der Waals surface area contributed by atoms with Crippen LogP contribution in [0, 0.1) is 12.4 Å². The van der Waals surface area contributed by atoms with Gasteiger partial charge >= 0.3 is 5.97 Å². The van der Waals surface area contributed by atoms with Gasteiger partial charge in [-0.25, -0.2) is 9.24 Å². The number of hydrogen-bond donors (Lipinski definition) is 0. The predicted octanol–water partition coefficient (Wildman–Crippen LogP) is 3.29. The van der Waals surface area contributed by atoms with Crippen LogP contribution in [0.1, 0.15) is 37.6 Å². The molecule has 0 aliphatic carbocycles. The standard InChI is InChI=1S/C14H14FNO3/c1-14(2,3)19-13(18)8-12(17)9-5-10(15)7-11(6-9)16-4/h5-7H,8H2,1-3H3. The number of hydrogen-bond acceptors (Lipinski definition) is 3. The molecule has 0 fully saturated rings. The van der Waals surface area contributed by atoms with E-state index in [1.807, 2.05) is 0 Å². The van der Waals surface area contributed by atoms with Gasteiger partial charge in [0.2, 0.25) is 0 Å². The van der Waals surface area contributed by atoms with E-state index >= 15 is 0 Å². The van der Waals surface area contributed by atoms with Gasteiger partial charge in [-0.3, -0.25) is 9.59 Å². The van der Waals surface area contributed by atoms with Gasteiger partial charge in [0.05, 0.1) is 6.57 Å². The maximum Gasteiger partial charge on any atom is 0.314 e. The lowest BCUT2D eigenvalue weighted by molar-refractivity contribution is -0.153. The van der Waals surface area contributed by atoms with Gasteiger partial charge in [-0.1, -0.05) is 0 Å². The van der Waals surface area contributed by atoms with Crippen molar-refractivity contribution >= 4 is 17.4 Å². The molecule has 1 rings (SSSR count). The fourth-order valence-corrected chi connectivity index (χ4v) is 1.41. The summed E-state index contributed by atoms with van der Waals surface area (Å²) >= 11 is 0. The molecule has 0 spiro atoms. The van der Waals surface area contributed by atoms with Gasteiger partial charge in [-0.05, 0) is 39.0 Å². The molecule has 19 heavy (non-hydrogen) atoms. The first-order chi connectivity index (χ1) is 8.71. The second-order valence-electron chi connectivity index (χ2n) is 5.00. The molecule has 4 nitrogen and oxygen atoms in total. The first kappa shape index (κ1) is 14.8. The molecule has 0 saturated carbocycles. The lowest BCUT2D eigenvalue weighted by Crippen LogP contribution is -2.25. The Labute approximate surface area is 111 Å². The minimum atomic E-state index is -0.680. The summed E-state index contributed by atoms with van der Waals surface area (Å²) in [5, 5.41) is 0. The summed E-state index contributed by atoms with van der Waals surface area (Å²) in [6.45, 7) is 11.9. The summed E-state index contributed by atoms with van der Waals surface area (Å²) in [6.07, 6.45) is -0.474. The zero-order valence-electron chi connectivity index (χ0n) is 11.0. The van der Waals surface area contributed by atoms with Crippen molar-refractivity contribution in [3.63, 3.8) is 0 Å². The maximum absolute atomic E-state index is 13.2. The molecule has 0 bridgehead atoms. The molecule has 1 aromatic rings. The van der Waals surface area contributed by atoms with Crippen molar-refractivity contribution in [3.8, 4) is 0 Å². The molecule has 0 amide bonds. The van der Waals surface area contributed by atoms with Crippen LogP contribution in [0.4, 0.5) is 10.1 Å². The molecule has 5 heteroatoms. The van der Waals surface area contributed by atoms with Crippen molar-refractivity contribution in [2.24, 2.45) is 0 Å². The summed E-state index contributed by atoms with van der Waals surface area (Å²) < 4.78 is 18.2. The molecular formula is C14H14FNO3. The van der Waals surface area contributed by atoms with Crippen LogP contribution in [0.25, 0.3) is 4.85 Å². The summed E-state index contributed by atoms with van der Waals surface area (Å²) in [4.78, 5) is 26.3. The lowest BCUT2D eigenvalue weighted by Gasteiger charge is -2.19. The topological polar surface area (TPSA) is 47.7 Å². The number of ether oxygens (including phenoxy) is 1. The number of carbonyl (C=O) groups excluding carboxylic acids is 2. The van der Waals surface area contributed by atoms with Gasteiger partial charge in [0.15, 0.2) is 11.5 Å². The third-order valence-corrected chi connectivity index (χ3v) is 2.06. The third kappa shape index (κ3) is 4.88. The monoisotopic (exact) mass is 263 g/mol. The van der Waals surface area contributed by atoms with Gasteiger partial charge in [-0.15, -0.1) is 0 Å². The Morgan fingerprint density at radius 1 is 1.32 bits per heavy atom. The van der Waals surface area contributed by atoms with Crippen LogP contribution < -0.4 is 0 Å². The highest BCUT2D eigenvalue weighted by Crippen LogP contribution is 2.18. The predicted molar refractivity (Wildman–Crippen MR) is 67.5 cm³/mol. The van der Waals surface area contributed by atoms with Crippen molar-refractivity contribution in [3.05, 3.63) is 41.0 Å². The Morgan fingerprint density at radius 3 is 2.47 bits per heavy atom. The van der Waals surface area contributed by atoms with E-state index in [-0.39, 0.29) is 11.3 Å². The molecular weight excluding hydrogens is 249 g/mol. The highest BCUT2D eigenvalue weighted by Gasteiger charge is 2.20. The smallest absolute Gasteiger partial charge is 0.314 e. The number of ketones is 1. The zero-order chi connectivity index (χ0) is 14.6. The normalized spacial score (nSPS) is 10.7. The minimum absolute atomic E-state index is 0.00291. The molecule has 0 saturated heterocycles. The largest absolute Gasteiger partial charge is 0.460 e. The number of benzene rings is 1.